The normalized spacial score (nSPS) is 12.3. The lowest BCUT2D eigenvalue weighted by Crippen LogP contribution is -2.28. The van der Waals surface area contributed by atoms with Crippen LogP contribution >= 0.6 is 0 Å². The molecule has 0 aliphatic heterocycles. The Bertz CT molecular complexity index is 886. The van der Waals surface area contributed by atoms with Gasteiger partial charge in [0.15, 0.2) is 0 Å². The average Bonchev–Trinajstić information content (AvgIpc) is 2.53. The number of nitrogens with two attached hydrogens (primary N) is 1. The molecule has 0 atom stereocenters. The summed E-state index contributed by atoms with van der Waals surface area (Å²) in [6.07, 6.45) is 3.36. The van der Waals surface area contributed by atoms with Gasteiger partial charge in [0, 0.05) is 5.56 Å². The molecule has 2 aromatic carbocycles. The highest BCUT2D eigenvalue weighted by Crippen LogP contribution is 2.27. The minimum Gasteiger partial charge on any atom is -0.376 e. The molecule has 0 radical (unpaired) electrons. The largest absolute Gasteiger partial charge is 0.534 e. The fourth-order valence-corrected chi connectivity index (χ4v) is 2.22. The van der Waals surface area contributed by atoms with Crippen molar-refractivity contribution in [3.63, 3.8) is 0 Å². The number of rotatable bonds is 5. The summed E-state index contributed by atoms with van der Waals surface area (Å²) in [7, 11) is -5.69. The number of hydrogen-bond donors (Lipinski definition) is 1. The molecule has 0 heterocycles. The van der Waals surface area contributed by atoms with Crippen molar-refractivity contribution in [2.45, 2.75) is 5.51 Å². The second kappa shape index (κ2) is 6.98. The van der Waals surface area contributed by atoms with Crippen LogP contribution in [0.25, 0.3) is 12.2 Å². The zero-order valence-electron chi connectivity index (χ0n) is 12.5. The van der Waals surface area contributed by atoms with E-state index in [1.54, 1.807) is 36.4 Å². The molecule has 0 saturated heterocycles. The Morgan fingerprint density at radius 2 is 1.36 bits per heavy atom. The van der Waals surface area contributed by atoms with Crippen molar-refractivity contribution in [1.29, 1.82) is 0 Å². The molecule has 132 valence electrons. The molecule has 9 heteroatoms. The van der Waals surface area contributed by atoms with Crippen molar-refractivity contribution >= 4 is 28.2 Å². The lowest BCUT2D eigenvalue weighted by Gasteiger charge is -2.09. The molecular formula is C16H12F3NO4S. The maximum atomic E-state index is 12.2. The maximum Gasteiger partial charge on any atom is 0.534 e. The SMILES string of the molecule is NC(=O)c1ccc(C=Cc2ccc(OS(=O)(=O)C(F)(F)F)cc2)cc1. The highest BCUT2D eigenvalue weighted by atomic mass is 32.2. The fraction of sp³-hybridized carbons (Fsp3) is 0.0625. The maximum absolute atomic E-state index is 12.2. The highest BCUT2D eigenvalue weighted by molar-refractivity contribution is 7.88. The van der Waals surface area contributed by atoms with Crippen LogP contribution in [0.2, 0.25) is 0 Å². The monoisotopic (exact) mass is 371 g/mol. The van der Waals surface area contributed by atoms with E-state index in [4.69, 9.17) is 5.73 Å². The van der Waals surface area contributed by atoms with E-state index in [0.717, 1.165) is 17.7 Å². The molecule has 0 fully saturated rings. The number of alkyl halides is 3. The van der Waals surface area contributed by atoms with Gasteiger partial charge >= 0.3 is 15.6 Å². The molecule has 2 rings (SSSR count). The van der Waals surface area contributed by atoms with Crippen LogP contribution in [0.5, 0.6) is 5.75 Å². The van der Waals surface area contributed by atoms with Gasteiger partial charge in [-0.05, 0) is 35.4 Å². The second-order valence-electron chi connectivity index (χ2n) is 4.87. The molecule has 2 N–H and O–H groups in total. The Morgan fingerprint density at radius 3 is 1.76 bits per heavy atom. The fourth-order valence-electron chi connectivity index (χ4n) is 1.76. The molecule has 0 aliphatic carbocycles. The van der Waals surface area contributed by atoms with Crippen LogP contribution in [-0.2, 0) is 10.1 Å². The molecule has 5 nitrogen and oxygen atoms in total. The number of primary amides is 1. The quantitative estimate of drug-likeness (QED) is 0.497. The van der Waals surface area contributed by atoms with Crippen molar-refractivity contribution in [3.8, 4) is 5.75 Å². The van der Waals surface area contributed by atoms with Gasteiger partial charge in [-0.2, -0.15) is 21.6 Å². The van der Waals surface area contributed by atoms with E-state index < -0.39 is 27.3 Å². The van der Waals surface area contributed by atoms with Crippen LogP contribution in [0, 0.1) is 0 Å². The van der Waals surface area contributed by atoms with Gasteiger partial charge in [0.05, 0.1) is 0 Å². The summed E-state index contributed by atoms with van der Waals surface area (Å²) in [5, 5.41) is 0. The first-order valence-corrected chi connectivity index (χ1v) is 8.18. The summed E-state index contributed by atoms with van der Waals surface area (Å²) < 4.78 is 62.5. The first-order valence-electron chi connectivity index (χ1n) is 6.77. The molecule has 0 aliphatic rings. The molecule has 0 aromatic heterocycles. The highest BCUT2D eigenvalue weighted by Gasteiger charge is 2.48. The standard InChI is InChI=1S/C16H12F3NO4S/c17-16(18,19)25(22,23)24-14-9-5-12(6-10-14)2-1-11-3-7-13(8-4-11)15(20)21/h1-10H,(H2,20,21). The van der Waals surface area contributed by atoms with Gasteiger partial charge in [-0.15, -0.1) is 0 Å². The van der Waals surface area contributed by atoms with Crippen LogP contribution in [0.3, 0.4) is 0 Å². The zero-order valence-corrected chi connectivity index (χ0v) is 13.3. The van der Waals surface area contributed by atoms with Crippen molar-refractivity contribution in [2.24, 2.45) is 5.73 Å². The predicted molar refractivity (Wildman–Crippen MR) is 85.9 cm³/mol. The summed E-state index contributed by atoms with van der Waals surface area (Å²) in [4.78, 5) is 11.0. The van der Waals surface area contributed by atoms with Crippen LogP contribution in [-0.4, -0.2) is 19.8 Å². The van der Waals surface area contributed by atoms with E-state index >= 15 is 0 Å². The molecular weight excluding hydrogens is 359 g/mol. The van der Waals surface area contributed by atoms with Crippen molar-refractivity contribution in [1.82, 2.24) is 0 Å². The van der Waals surface area contributed by atoms with E-state index in [1.807, 2.05) is 0 Å². The van der Waals surface area contributed by atoms with Gasteiger partial charge in [0.25, 0.3) is 0 Å². The number of hydrogen-bond acceptors (Lipinski definition) is 4. The zero-order chi connectivity index (χ0) is 18.7. The minimum absolute atomic E-state index is 0.365. The van der Waals surface area contributed by atoms with E-state index in [1.165, 1.54) is 12.1 Å². The summed E-state index contributed by atoms with van der Waals surface area (Å²) in [6.45, 7) is 0. The molecule has 1 amide bonds. The van der Waals surface area contributed by atoms with E-state index in [9.17, 15) is 26.4 Å². The van der Waals surface area contributed by atoms with Gasteiger partial charge in [-0.3, -0.25) is 4.79 Å². The topological polar surface area (TPSA) is 86.5 Å². The number of carbonyl (C=O) groups excluding carboxylic acids is 1. The predicted octanol–water partition coefficient (Wildman–Crippen LogP) is 3.18. The summed E-state index contributed by atoms with van der Waals surface area (Å²) in [5.41, 5.74) is 1.39. The Morgan fingerprint density at radius 1 is 0.920 bits per heavy atom. The number of carbonyl (C=O) groups is 1. The third-order valence-electron chi connectivity index (χ3n) is 3.03. The summed E-state index contributed by atoms with van der Waals surface area (Å²) in [5.74, 6) is -0.986. The summed E-state index contributed by atoms with van der Waals surface area (Å²) >= 11 is 0. The Kier molecular flexibility index (Phi) is 5.17. The van der Waals surface area contributed by atoms with E-state index in [0.29, 0.717) is 11.1 Å². The lowest BCUT2D eigenvalue weighted by molar-refractivity contribution is -0.0500. The first kappa shape index (κ1) is 18.5. The molecule has 0 unspecified atom stereocenters. The minimum atomic E-state index is -5.69. The second-order valence-corrected chi connectivity index (χ2v) is 6.41. The van der Waals surface area contributed by atoms with E-state index in [-0.39, 0.29) is 0 Å². The lowest BCUT2D eigenvalue weighted by atomic mass is 10.1. The van der Waals surface area contributed by atoms with Gasteiger partial charge in [-0.1, -0.05) is 36.4 Å². The Balaban J connectivity index is 2.09. The molecule has 2 aromatic rings. The van der Waals surface area contributed by atoms with Crippen LogP contribution in [0.15, 0.2) is 48.5 Å². The third-order valence-corrected chi connectivity index (χ3v) is 4.01. The Labute approximate surface area is 141 Å². The molecule has 0 saturated carbocycles. The molecule has 0 bridgehead atoms. The molecule has 25 heavy (non-hydrogen) atoms. The van der Waals surface area contributed by atoms with E-state index in [2.05, 4.69) is 4.18 Å². The average molecular weight is 371 g/mol. The van der Waals surface area contributed by atoms with Crippen molar-refractivity contribution in [3.05, 3.63) is 65.2 Å². The van der Waals surface area contributed by atoms with Crippen LogP contribution in [0.1, 0.15) is 21.5 Å². The van der Waals surface area contributed by atoms with Crippen molar-refractivity contribution < 1.29 is 30.6 Å². The van der Waals surface area contributed by atoms with Crippen LogP contribution < -0.4 is 9.92 Å². The van der Waals surface area contributed by atoms with Crippen LogP contribution in [0.4, 0.5) is 13.2 Å². The smallest absolute Gasteiger partial charge is 0.376 e. The van der Waals surface area contributed by atoms with Crippen molar-refractivity contribution in [2.75, 3.05) is 0 Å². The van der Waals surface area contributed by atoms with Gasteiger partial charge in [-0.25, -0.2) is 0 Å². The van der Waals surface area contributed by atoms with Gasteiger partial charge < -0.3 is 9.92 Å². The third kappa shape index (κ3) is 4.83. The van der Waals surface area contributed by atoms with Gasteiger partial charge in [0.1, 0.15) is 5.75 Å². The number of benzene rings is 2. The first-order chi connectivity index (χ1) is 11.6. The molecule has 0 spiro atoms. The number of amides is 1. The number of halogens is 3. The Hall–Kier alpha value is -2.81. The van der Waals surface area contributed by atoms with Gasteiger partial charge in [0.2, 0.25) is 5.91 Å². The summed E-state index contributed by atoms with van der Waals surface area (Å²) in [6, 6.07) is 11.5.